The Balaban J connectivity index is 0.00000182. The van der Waals surface area contributed by atoms with E-state index in [9.17, 15) is 0 Å². The maximum atomic E-state index is 5.03. The third-order valence-corrected chi connectivity index (χ3v) is 4.81. The van der Waals surface area contributed by atoms with Gasteiger partial charge in [-0.1, -0.05) is 55.5 Å². The van der Waals surface area contributed by atoms with E-state index in [0.717, 1.165) is 43.8 Å². The number of pyridine rings is 1. The SMILES string of the molecule is CCc1cccc2c(N3CCNCC3)cc(-c3ccccc3)nc12.Cl. The van der Waals surface area contributed by atoms with Gasteiger partial charge in [0.2, 0.25) is 0 Å². The Kier molecular flexibility index (Phi) is 5.57. The summed E-state index contributed by atoms with van der Waals surface area (Å²) in [7, 11) is 0. The van der Waals surface area contributed by atoms with Crippen LogP contribution in [0.25, 0.3) is 22.2 Å². The second-order valence-corrected chi connectivity index (χ2v) is 6.30. The number of halogens is 1. The van der Waals surface area contributed by atoms with Gasteiger partial charge in [-0.3, -0.25) is 0 Å². The number of hydrogen-bond acceptors (Lipinski definition) is 3. The van der Waals surface area contributed by atoms with Crippen LogP contribution in [0.3, 0.4) is 0 Å². The molecular formula is C21H24ClN3. The van der Waals surface area contributed by atoms with Gasteiger partial charge in [-0.05, 0) is 18.1 Å². The minimum atomic E-state index is 0. The molecule has 0 spiro atoms. The maximum Gasteiger partial charge on any atom is 0.0762 e. The zero-order chi connectivity index (χ0) is 16.4. The maximum absolute atomic E-state index is 5.03. The van der Waals surface area contributed by atoms with Crippen LogP contribution >= 0.6 is 12.4 Å². The third kappa shape index (κ3) is 3.48. The molecule has 2 heterocycles. The van der Waals surface area contributed by atoms with Gasteiger partial charge in [0.05, 0.1) is 11.2 Å². The van der Waals surface area contributed by atoms with E-state index in [4.69, 9.17) is 4.98 Å². The highest BCUT2D eigenvalue weighted by Crippen LogP contribution is 2.32. The molecule has 0 aliphatic carbocycles. The summed E-state index contributed by atoms with van der Waals surface area (Å²) in [6, 6.07) is 19.3. The van der Waals surface area contributed by atoms with E-state index in [2.05, 4.69) is 71.7 Å². The number of hydrogen-bond donors (Lipinski definition) is 1. The van der Waals surface area contributed by atoms with Crippen LogP contribution in [0.2, 0.25) is 0 Å². The van der Waals surface area contributed by atoms with Gasteiger partial charge in [0, 0.05) is 42.8 Å². The fourth-order valence-corrected chi connectivity index (χ4v) is 3.50. The third-order valence-electron chi connectivity index (χ3n) is 4.81. The first-order chi connectivity index (χ1) is 11.9. The number of nitrogens with zero attached hydrogens (tertiary/aromatic N) is 2. The van der Waals surface area contributed by atoms with E-state index in [1.165, 1.54) is 22.2 Å². The van der Waals surface area contributed by atoms with Gasteiger partial charge in [-0.2, -0.15) is 0 Å². The minimum Gasteiger partial charge on any atom is -0.368 e. The summed E-state index contributed by atoms with van der Waals surface area (Å²) in [6.45, 7) is 6.37. The van der Waals surface area contributed by atoms with Gasteiger partial charge in [0.1, 0.15) is 0 Å². The molecule has 4 heteroatoms. The van der Waals surface area contributed by atoms with Crippen molar-refractivity contribution >= 4 is 29.0 Å². The molecule has 0 amide bonds. The van der Waals surface area contributed by atoms with Crippen molar-refractivity contribution in [3.63, 3.8) is 0 Å². The van der Waals surface area contributed by atoms with Crippen molar-refractivity contribution in [2.45, 2.75) is 13.3 Å². The van der Waals surface area contributed by atoms with Crippen LogP contribution < -0.4 is 10.2 Å². The second-order valence-electron chi connectivity index (χ2n) is 6.30. The first-order valence-electron chi connectivity index (χ1n) is 8.80. The van der Waals surface area contributed by atoms with E-state index in [-0.39, 0.29) is 12.4 Å². The quantitative estimate of drug-likeness (QED) is 0.761. The Morgan fingerprint density at radius 1 is 1.00 bits per heavy atom. The number of nitrogens with one attached hydrogen (secondary N) is 1. The summed E-state index contributed by atoms with van der Waals surface area (Å²) in [6.07, 6.45) is 1.00. The lowest BCUT2D eigenvalue weighted by molar-refractivity contribution is 0.590. The van der Waals surface area contributed by atoms with Gasteiger partial charge in [0.15, 0.2) is 0 Å². The molecule has 4 rings (SSSR count). The molecule has 1 saturated heterocycles. The Morgan fingerprint density at radius 3 is 2.48 bits per heavy atom. The lowest BCUT2D eigenvalue weighted by Crippen LogP contribution is -2.43. The highest BCUT2D eigenvalue weighted by molar-refractivity contribution is 5.96. The van der Waals surface area contributed by atoms with E-state index in [0.29, 0.717) is 0 Å². The molecule has 0 unspecified atom stereocenters. The summed E-state index contributed by atoms with van der Waals surface area (Å²) >= 11 is 0. The fraction of sp³-hybridized carbons (Fsp3) is 0.286. The molecule has 0 radical (unpaired) electrons. The van der Waals surface area contributed by atoms with Gasteiger partial charge in [0.25, 0.3) is 0 Å². The normalized spacial score (nSPS) is 14.4. The Labute approximate surface area is 155 Å². The summed E-state index contributed by atoms with van der Waals surface area (Å²) in [5.41, 5.74) is 6.03. The molecule has 1 N–H and O–H groups in total. The molecule has 0 atom stereocenters. The predicted molar refractivity (Wildman–Crippen MR) is 109 cm³/mol. The molecule has 2 aromatic carbocycles. The lowest BCUT2D eigenvalue weighted by Gasteiger charge is -2.31. The van der Waals surface area contributed by atoms with Crippen molar-refractivity contribution in [3.05, 3.63) is 60.2 Å². The largest absolute Gasteiger partial charge is 0.368 e. The Bertz CT molecular complexity index is 842. The number of para-hydroxylation sites is 1. The van der Waals surface area contributed by atoms with Crippen LogP contribution in [0.15, 0.2) is 54.6 Å². The average Bonchev–Trinajstić information content (AvgIpc) is 2.68. The Morgan fingerprint density at radius 2 is 1.76 bits per heavy atom. The van der Waals surface area contributed by atoms with E-state index < -0.39 is 0 Å². The second kappa shape index (κ2) is 7.85. The zero-order valence-electron chi connectivity index (χ0n) is 14.5. The molecule has 3 aromatic rings. The van der Waals surface area contributed by atoms with Crippen molar-refractivity contribution in [2.24, 2.45) is 0 Å². The number of anilines is 1. The summed E-state index contributed by atoms with van der Waals surface area (Å²) in [5, 5.41) is 4.72. The zero-order valence-corrected chi connectivity index (χ0v) is 15.4. The van der Waals surface area contributed by atoms with Crippen molar-refractivity contribution < 1.29 is 0 Å². The van der Waals surface area contributed by atoms with Crippen LogP contribution in [0, 0.1) is 0 Å². The average molecular weight is 354 g/mol. The topological polar surface area (TPSA) is 28.2 Å². The molecule has 0 saturated carbocycles. The van der Waals surface area contributed by atoms with E-state index in [1.54, 1.807) is 0 Å². The monoisotopic (exact) mass is 353 g/mol. The standard InChI is InChI=1S/C21H23N3.ClH/c1-2-16-9-6-10-18-20(24-13-11-22-12-14-24)15-19(23-21(16)18)17-7-4-3-5-8-17;/h3-10,15,22H,2,11-14H2,1H3;1H. The number of aromatic nitrogens is 1. The number of rotatable bonds is 3. The number of fused-ring (bicyclic) bond motifs is 1. The molecule has 1 aromatic heterocycles. The lowest BCUT2D eigenvalue weighted by atomic mass is 10.0. The highest BCUT2D eigenvalue weighted by Gasteiger charge is 2.17. The van der Waals surface area contributed by atoms with Crippen molar-refractivity contribution in [3.8, 4) is 11.3 Å². The van der Waals surface area contributed by atoms with Crippen LogP contribution in [0.4, 0.5) is 5.69 Å². The van der Waals surface area contributed by atoms with Crippen molar-refractivity contribution in [2.75, 3.05) is 31.1 Å². The van der Waals surface area contributed by atoms with Crippen LogP contribution in [-0.2, 0) is 6.42 Å². The molecule has 25 heavy (non-hydrogen) atoms. The van der Waals surface area contributed by atoms with Crippen molar-refractivity contribution in [1.29, 1.82) is 0 Å². The molecule has 130 valence electrons. The summed E-state index contributed by atoms with van der Waals surface area (Å²) < 4.78 is 0. The molecule has 3 nitrogen and oxygen atoms in total. The van der Waals surface area contributed by atoms with Gasteiger partial charge in [-0.15, -0.1) is 12.4 Å². The Hall–Kier alpha value is -2.10. The number of aryl methyl sites for hydroxylation is 1. The smallest absolute Gasteiger partial charge is 0.0762 e. The van der Waals surface area contributed by atoms with Crippen molar-refractivity contribution in [1.82, 2.24) is 10.3 Å². The van der Waals surface area contributed by atoms with E-state index >= 15 is 0 Å². The number of benzene rings is 2. The predicted octanol–water partition coefficient (Wildman–Crippen LogP) is 4.30. The van der Waals surface area contributed by atoms with E-state index in [1.807, 2.05) is 0 Å². The van der Waals surface area contributed by atoms with Crippen LogP contribution in [0.1, 0.15) is 12.5 Å². The summed E-state index contributed by atoms with van der Waals surface area (Å²) in [5.74, 6) is 0. The van der Waals surface area contributed by atoms with Crippen LogP contribution in [-0.4, -0.2) is 31.2 Å². The molecule has 1 aliphatic rings. The van der Waals surface area contributed by atoms with Gasteiger partial charge in [-0.25, -0.2) is 4.98 Å². The first-order valence-corrected chi connectivity index (χ1v) is 8.80. The highest BCUT2D eigenvalue weighted by atomic mass is 35.5. The summed E-state index contributed by atoms with van der Waals surface area (Å²) in [4.78, 5) is 7.52. The van der Waals surface area contributed by atoms with Gasteiger partial charge < -0.3 is 10.2 Å². The molecular weight excluding hydrogens is 330 g/mol. The first kappa shape index (κ1) is 17.7. The fourth-order valence-electron chi connectivity index (χ4n) is 3.50. The molecule has 0 bridgehead atoms. The molecule has 1 aliphatic heterocycles. The van der Waals surface area contributed by atoms with Gasteiger partial charge >= 0.3 is 0 Å². The number of piperazine rings is 1. The molecule has 1 fully saturated rings. The van der Waals surface area contributed by atoms with Crippen LogP contribution in [0.5, 0.6) is 0 Å². The minimum absolute atomic E-state index is 0.